The molecule has 1 heterocycles. The molecule has 0 saturated carbocycles. The zero-order valence-corrected chi connectivity index (χ0v) is 13.2. The number of rotatable bonds is 7. The van der Waals surface area contributed by atoms with E-state index in [1.165, 1.54) is 4.31 Å². The first-order valence-electron chi connectivity index (χ1n) is 6.73. The third-order valence-corrected chi connectivity index (χ3v) is 4.92. The van der Waals surface area contributed by atoms with E-state index < -0.39 is 10.0 Å². The van der Waals surface area contributed by atoms with Gasteiger partial charge in [0.05, 0.1) is 4.90 Å². The van der Waals surface area contributed by atoms with Crippen molar-refractivity contribution < 1.29 is 12.8 Å². The highest BCUT2D eigenvalue weighted by Crippen LogP contribution is 2.22. The fourth-order valence-electron chi connectivity index (χ4n) is 2.00. The average molecular weight is 318 g/mol. The number of oxazole rings is 1. The Labute approximate surface area is 130 Å². The Morgan fingerprint density at radius 2 is 1.77 bits per heavy atom. The summed E-state index contributed by atoms with van der Waals surface area (Å²) in [4.78, 5) is 4.44. The van der Waals surface area contributed by atoms with E-state index in [9.17, 15) is 8.42 Å². The normalized spacial score (nSPS) is 11.5. The molecule has 0 aliphatic carbocycles. The molecule has 0 saturated heterocycles. The fourth-order valence-corrected chi connectivity index (χ4v) is 3.38. The minimum absolute atomic E-state index is 0.222. The molecule has 1 aromatic heterocycles. The van der Waals surface area contributed by atoms with Crippen molar-refractivity contribution in [1.29, 1.82) is 0 Å². The van der Waals surface area contributed by atoms with Crippen molar-refractivity contribution in [3.63, 3.8) is 0 Å². The van der Waals surface area contributed by atoms with Crippen LogP contribution in [0.25, 0.3) is 11.3 Å². The topological polar surface area (TPSA) is 63.4 Å². The molecule has 0 atom stereocenters. The third-order valence-electron chi connectivity index (χ3n) is 3.07. The van der Waals surface area contributed by atoms with E-state index in [0.29, 0.717) is 11.6 Å². The smallest absolute Gasteiger partial charge is 0.243 e. The maximum absolute atomic E-state index is 12.6. The van der Waals surface area contributed by atoms with Gasteiger partial charge in [0.2, 0.25) is 10.0 Å². The van der Waals surface area contributed by atoms with Crippen molar-refractivity contribution in [3.8, 4) is 11.3 Å². The van der Waals surface area contributed by atoms with Gasteiger partial charge in [0, 0.05) is 25.6 Å². The van der Waals surface area contributed by atoms with Crippen LogP contribution in [0.5, 0.6) is 0 Å². The summed E-state index contributed by atoms with van der Waals surface area (Å²) < 4.78 is 31.6. The molecule has 0 aliphatic heterocycles. The molecule has 0 spiro atoms. The van der Waals surface area contributed by atoms with Crippen LogP contribution in [0.4, 0.5) is 0 Å². The van der Waals surface area contributed by atoms with Crippen LogP contribution in [-0.2, 0) is 10.0 Å². The molecule has 0 bridgehead atoms. The monoisotopic (exact) mass is 318 g/mol. The molecule has 1 aromatic carbocycles. The largest absolute Gasteiger partial charge is 0.449 e. The van der Waals surface area contributed by atoms with E-state index in [1.807, 2.05) is 0 Å². The molecular weight excluding hydrogens is 300 g/mol. The van der Waals surface area contributed by atoms with Crippen molar-refractivity contribution in [2.45, 2.75) is 11.8 Å². The van der Waals surface area contributed by atoms with Gasteiger partial charge < -0.3 is 4.42 Å². The van der Waals surface area contributed by atoms with E-state index in [4.69, 9.17) is 4.42 Å². The Balaban J connectivity index is 2.32. The highest BCUT2D eigenvalue weighted by atomic mass is 32.2. The molecule has 0 amide bonds. The molecule has 2 rings (SSSR count). The first-order valence-corrected chi connectivity index (χ1v) is 8.17. The second-order valence-electron chi connectivity index (χ2n) is 4.68. The van der Waals surface area contributed by atoms with Gasteiger partial charge in [0.25, 0.3) is 0 Å². The summed E-state index contributed by atoms with van der Waals surface area (Å²) in [6.45, 7) is 9.40. The van der Waals surface area contributed by atoms with Crippen molar-refractivity contribution >= 4 is 10.0 Å². The standard InChI is InChI=1S/C16H18N2O3S/c1-4-10-18(11-5-2)22(19,20)15-8-6-14(7-9-15)16-12-21-13(3)17-16/h4-9,12H,1-2,10-11H2,3H3. The third kappa shape index (κ3) is 3.35. The van der Waals surface area contributed by atoms with Gasteiger partial charge in [-0.2, -0.15) is 4.31 Å². The number of aryl methyl sites for hydroxylation is 1. The molecule has 0 unspecified atom stereocenters. The second kappa shape index (κ2) is 6.72. The lowest BCUT2D eigenvalue weighted by atomic mass is 10.2. The molecular formula is C16H18N2O3S. The zero-order chi connectivity index (χ0) is 16.2. The van der Waals surface area contributed by atoms with Gasteiger partial charge in [-0.15, -0.1) is 13.2 Å². The number of nitrogens with zero attached hydrogens (tertiary/aromatic N) is 2. The van der Waals surface area contributed by atoms with Crippen LogP contribution in [0.2, 0.25) is 0 Å². The van der Waals surface area contributed by atoms with Crippen molar-refractivity contribution in [3.05, 3.63) is 61.7 Å². The van der Waals surface area contributed by atoms with Crippen LogP contribution in [0.15, 0.2) is 65.2 Å². The highest BCUT2D eigenvalue weighted by molar-refractivity contribution is 7.89. The lowest BCUT2D eigenvalue weighted by molar-refractivity contribution is 0.474. The lowest BCUT2D eigenvalue weighted by Gasteiger charge is -2.19. The molecule has 0 radical (unpaired) electrons. The lowest BCUT2D eigenvalue weighted by Crippen LogP contribution is -2.31. The van der Waals surface area contributed by atoms with Crippen molar-refractivity contribution in [2.75, 3.05) is 13.1 Å². The van der Waals surface area contributed by atoms with Crippen LogP contribution in [-0.4, -0.2) is 30.8 Å². The number of aromatic nitrogens is 1. The van der Waals surface area contributed by atoms with E-state index >= 15 is 0 Å². The summed E-state index contributed by atoms with van der Waals surface area (Å²) in [7, 11) is -3.57. The maximum Gasteiger partial charge on any atom is 0.243 e. The molecule has 2 aromatic rings. The molecule has 22 heavy (non-hydrogen) atoms. The van der Waals surface area contributed by atoms with Crippen molar-refractivity contribution in [1.82, 2.24) is 9.29 Å². The van der Waals surface area contributed by atoms with Gasteiger partial charge in [-0.05, 0) is 12.1 Å². The summed E-state index contributed by atoms with van der Waals surface area (Å²) in [5, 5.41) is 0. The van der Waals surface area contributed by atoms with Gasteiger partial charge in [-0.3, -0.25) is 0 Å². The van der Waals surface area contributed by atoms with Gasteiger partial charge in [-0.1, -0.05) is 24.3 Å². The molecule has 6 heteroatoms. The Morgan fingerprint density at radius 1 is 1.18 bits per heavy atom. The minimum Gasteiger partial charge on any atom is -0.449 e. The van der Waals surface area contributed by atoms with Crippen molar-refractivity contribution in [2.24, 2.45) is 0 Å². The quantitative estimate of drug-likeness (QED) is 0.736. The second-order valence-corrected chi connectivity index (χ2v) is 6.61. The molecule has 5 nitrogen and oxygen atoms in total. The SMILES string of the molecule is C=CCN(CC=C)S(=O)(=O)c1ccc(-c2coc(C)n2)cc1. The molecule has 0 aliphatic rings. The van der Waals surface area contributed by atoms with E-state index in [2.05, 4.69) is 18.1 Å². The van der Waals surface area contributed by atoms with Crippen LogP contribution in [0.1, 0.15) is 5.89 Å². The average Bonchev–Trinajstić information content (AvgIpc) is 2.94. The number of sulfonamides is 1. The predicted molar refractivity (Wildman–Crippen MR) is 85.8 cm³/mol. The fraction of sp³-hybridized carbons (Fsp3) is 0.188. The molecule has 0 fully saturated rings. The Hall–Kier alpha value is -2.18. The van der Waals surface area contributed by atoms with Gasteiger partial charge in [0.15, 0.2) is 5.89 Å². The maximum atomic E-state index is 12.6. The van der Waals surface area contributed by atoms with Crippen LogP contribution >= 0.6 is 0 Å². The van der Waals surface area contributed by atoms with Gasteiger partial charge in [0.1, 0.15) is 12.0 Å². The summed E-state index contributed by atoms with van der Waals surface area (Å²) in [6.07, 6.45) is 4.64. The molecule has 0 N–H and O–H groups in total. The van der Waals surface area contributed by atoms with Crippen LogP contribution < -0.4 is 0 Å². The van der Waals surface area contributed by atoms with Crippen LogP contribution in [0, 0.1) is 6.92 Å². The summed E-state index contributed by atoms with van der Waals surface area (Å²) in [5.74, 6) is 0.565. The van der Waals surface area contributed by atoms with Gasteiger partial charge >= 0.3 is 0 Å². The van der Waals surface area contributed by atoms with E-state index in [1.54, 1.807) is 49.6 Å². The Kier molecular flexibility index (Phi) is 4.95. The molecule has 116 valence electrons. The zero-order valence-electron chi connectivity index (χ0n) is 12.4. The minimum atomic E-state index is -3.57. The van der Waals surface area contributed by atoms with E-state index in [0.717, 1.165) is 5.56 Å². The first kappa shape index (κ1) is 16.2. The Bertz CT molecular complexity index is 751. The summed E-state index contributed by atoms with van der Waals surface area (Å²) in [6, 6.07) is 6.55. The van der Waals surface area contributed by atoms with Gasteiger partial charge in [-0.25, -0.2) is 13.4 Å². The summed E-state index contributed by atoms with van der Waals surface area (Å²) in [5.41, 5.74) is 1.48. The number of hydrogen-bond donors (Lipinski definition) is 0. The first-order chi connectivity index (χ1) is 10.5. The highest BCUT2D eigenvalue weighted by Gasteiger charge is 2.22. The van der Waals surface area contributed by atoms with E-state index in [-0.39, 0.29) is 18.0 Å². The number of hydrogen-bond acceptors (Lipinski definition) is 4. The number of benzene rings is 1. The Morgan fingerprint density at radius 3 is 2.23 bits per heavy atom. The summed E-state index contributed by atoms with van der Waals surface area (Å²) >= 11 is 0. The van der Waals surface area contributed by atoms with Crippen LogP contribution in [0.3, 0.4) is 0 Å². The predicted octanol–water partition coefficient (Wildman–Crippen LogP) is 3.01.